The van der Waals surface area contributed by atoms with Gasteiger partial charge in [-0.15, -0.1) is 0 Å². The van der Waals surface area contributed by atoms with Crippen LogP contribution in [-0.2, 0) is 4.79 Å². The number of nitrogens with zero attached hydrogens (tertiary/aromatic N) is 1. The van der Waals surface area contributed by atoms with E-state index in [1.807, 2.05) is 0 Å². The lowest BCUT2D eigenvalue weighted by Gasteiger charge is -2.36. The largest absolute Gasteiger partial charge is 0.388 e. The molecule has 5 heteroatoms. The fourth-order valence-electron chi connectivity index (χ4n) is 2.25. The predicted molar refractivity (Wildman–Crippen MR) is 68.0 cm³/mol. The number of rotatable bonds is 7. The quantitative estimate of drug-likeness (QED) is 0.573. The van der Waals surface area contributed by atoms with Crippen molar-refractivity contribution in [2.75, 3.05) is 13.1 Å². The Labute approximate surface area is 108 Å². The van der Waals surface area contributed by atoms with Crippen molar-refractivity contribution in [3.63, 3.8) is 0 Å². The van der Waals surface area contributed by atoms with E-state index in [1.165, 1.54) is 24.2 Å². The molecule has 5 nitrogen and oxygen atoms in total. The number of β-amino-alcohol motifs (C(OH)–C–C–N with tert-alkyl or cyclic N) is 1. The number of carbonyl (C=O) groups is 1. The lowest BCUT2D eigenvalue weighted by atomic mass is 10.0. The average molecular weight is 259 g/mol. The number of aliphatic hydroxyl groups excluding tert-OH is 3. The van der Waals surface area contributed by atoms with Gasteiger partial charge in [-0.3, -0.25) is 4.79 Å². The molecule has 0 spiro atoms. The number of amides is 1. The molecule has 106 valence electrons. The summed E-state index contributed by atoms with van der Waals surface area (Å²) in [5.74, 6) is -0.471. The van der Waals surface area contributed by atoms with Gasteiger partial charge in [0.05, 0.1) is 0 Å². The van der Waals surface area contributed by atoms with Crippen molar-refractivity contribution < 1.29 is 20.1 Å². The Morgan fingerprint density at radius 1 is 1.11 bits per heavy atom. The highest BCUT2D eigenvalue weighted by molar-refractivity contribution is 5.82. The first kappa shape index (κ1) is 15.4. The van der Waals surface area contributed by atoms with Crippen LogP contribution in [0, 0.1) is 0 Å². The smallest absolute Gasteiger partial charge is 0.254 e. The third kappa shape index (κ3) is 4.23. The summed E-state index contributed by atoms with van der Waals surface area (Å²) in [6.45, 7) is 2.83. The average Bonchev–Trinajstić information content (AvgIpc) is 2.37. The highest BCUT2D eigenvalue weighted by Gasteiger charge is 2.39. The van der Waals surface area contributed by atoms with Crippen LogP contribution in [0.15, 0.2) is 0 Å². The molecule has 0 aromatic heterocycles. The second-order valence-electron chi connectivity index (χ2n) is 5.05. The zero-order valence-electron chi connectivity index (χ0n) is 11.1. The van der Waals surface area contributed by atoms with Gasteiger partial charge in [-0.2, -0.15) is 0 Å². The molecule has 1 amide bonds. The molecule has 1 aliphatic heterocycles. The SMILES string of the molecule is CCCCCCCCN1C[C@H](O)[C@@H](O)[C@H](O)C1=O. The standard InChI is InChI=1S/C13H25NO4/c1-2-3-4-5-6-7-8-14-9-10(15)11(16)12(17)13(14)18/h10-12,15-17H,2-9H2,1H3/t10-,11+,12-/m0/s1. The van der Waals surface area contributed by atoms with Gasteiger partial charge in [0.25, 0.3) is 5.91 Å². The molecule has 18 heavy (non-hydrogen) atoms. The van der Waals surface area contributed by atoms with Gasteiger partial charge in [0.15, 0.2) is 6.10 Å². The molecular weight excluding hydrogens is 234 g/mol. The fourth-order valence-corrected chi connectivity index (χ4v) is 2.25. The Hall–Kier alpha value is -0.650. The minimum Gasteiger partial charge on any atom is -0.388 e. The molecule has 1 fully saturated rings. The number of hydrogen-bond acceptors (Lipinski definition) is 4. The number of carbonyl (C=O) groups excluding carboxylic acids is 1. The number of likely N-dealkylation sites (tertiary alicyclic amines) is 1. The van der Waals surface area contributed by atoms with Gasteiger partial charge in [-0.25, -0.2) is 0 Å². The maximum absolute atomic E-state index is 11.7. The van der Waals surface area contributed by atoms with E-state index in [4.69, 9.17) is 0 Å². The summed E-state index contributed by atoms with van der Waals surface area (Å²) in [5.41, 5.74) is 0. The van der Waals surface area contributed by atoms with Crippen LogP contribution in [0.4, 0.5) is 0 Å². The van der Waals surface area contributed by atoms with Gasteiger partial charge in [-0.05, 0) is 6.42 Å². The van der Waals surface area contributed by atoms with Gasteiger partial charge in [0.1, 0.15) is 12.2 Å². The van der Waals surface area contributed by atoms with Crippen molar-refractivity contribution in [2.45, 2.75) is 63.8 Å². The Morgan fingerprint density at radius 2 is 1.72 bits per heavy atom. The number of hydrogen-bond donors (Lipinski definition) is 3. The Kier molecular flexibility index (Phi) is 6.60. The third-order valence-electron chi connectivity index (χ3n) is 3.47. The van der Waals surface area contributed by atoms with Crippen LogP contribution in [0.2, 0.25) is 0 Å². The van der Waals surface area contributed by atoms with E-state index < -0.39 is 24.2 Å². The minimum absolute atomic E-state index is 0.117. The molecule has 0 unspecified atom stereocenters. The molecule has 3 N–H and O–H groups in total. The van der Waals surface area contributed by atoms with Crippen LogP contribution in [0.3, 0.4) is 0 Å². The maximum Gasteiger partial charge on any atom is 0.254 e. The van der Waals surface area contributed by atoms with Crippen LogP contribution in [0.5, 0.6) is 0 Å². The summed E-state index contributed by atoms with van der Waals surface area (Å²) >= 11 is 0. The van der Waals surface area contributed by atoms with Gasteiger partial charge in [-0.1, -0.05) is 39.0 Å². The predicted octanol–water partition coefficient (Wildman–Crippen LogP) is 0.272. The van der Waals surface area contributed by atoms with Crippen molar-refractivity contribution in [3.05, 3.63) is 0 Å². The van der Waals surface area contributed by atoms with Crippen LogP contribution >= 0.6 is 0 Å². The monoisotopic (exact) mass is 259 g/mol. The van der Waals surface area contributed by atoms with E-state index in [9.17, 15) is 20.1 Å². The van der Waals surface area contributed by atoms with E-state index in [-0.39, 0.29) is 6.54 Å². The van der Waals surface area contributed by atoms with Crippen molar-refractivity contribution >= 4 is 5.91 Å². The summed E-state index contributed by atoms with van der Waals surface area (Å²) in [4.78, 5) is 13.1. The first-order valence-corrected chi connectivity index (χ1v) is 6.91. The maximum atomic E-state index is 11.7. The molecule has 0 aliphatic carbocycles. The first-order valence-electron chi connectivity index (χ1n) is 6.91. The highest BCUT2D eigenvalue weighted by Crippen LogP contribution is 2.15. The Morgan fingerprint density at radius 3 is 2.39 bits per heavy atom. The van der Waals surface area contributed by atoms with Crippen LogP contribution in [0.25, 0.3) is 0 Å². The molecule has 1 rings (SSSR count). The van der Waals surface area contributed by atoms with Gasteiger partial charge in [0, 0.05) is 13.1 Å². The molecule has 1 saturated heterocycles. The molecule has 0 aromatic carbocycles. The van der Waals surface area contributed by atoms with E-state index in [0.717, 1.165) is 19.3 Å². The summed E-state index contributed by atoms with van der Waals surface area (Å²) in [7, 11) is 0. The van der Waals surface area contributed by atoms with Crippen molar-refractivity contribution in [3.8, 4) is 0 Å². The molecule has 0 aromatic rings. The molecule has 0 radical (unpaired) electrons. The van der Waals surface area contributed by atoms with Crippen molar-refractivity contribution in [2.24, 2.45) is 0 Å². The van der Waals surface area contributed by atoms with Gasteiger partial charge >= 0.3 is 0 Å². The molecule has 0 bridgehead atoms. The Balaban J connectivity index is 2.23. The molecule has 0 saturated carbocycles. The van der Waals surface area contributed by atoms with Gasteiger partial charge in [0.2, 0.25) is 0 Å². The molecule has 1 aliphatic rings. The van der Waals surface area contributed by atoms with Crippen molar-refractivity contribution in [1.29, 1.82) is 0 Å². The van der Waals surface area contributed by atoms with Crippen molar-refractivity contribution in [1.82, 2.24) is 4.90 Å². The first-order chi connectivity index (χ1) is 8.57. The van der Waals surface area contributed by atoms with E-state index in [0.29, 0.717) is 6.54 Å². The zero-order chi connectivity index (χ0) is 13.5. The minimum atomic E-state index is -1.48. The third-order valence-corrected chi connectivity index (χ3v) is 3.47. The van der Waals surface area contributed by atoms with E-state index in [1.54, 1.807) is 0 Å². The highest BCUT2D eigenvalue weighted by atomic mass is 16.4. The van der Waals surface area contributed by atoms with Gasteiger partial charge < -0.3 is 20.2 Å². The number of aliphatic hydroxyl groups is 3. The number of piperidine rings is 1. The number of unbranched alkanes of at least 4 members (excludes halogenated alkanes) is 5. The summed E-state index contributed by atoms with van der Waals surface area (Å²) in [6, 6.07) is 0. The molecular formula is C13H25NO4. The van der Waals surface area contributed by atoms with E-state index >= 15 is 0 Å². The molecule has 1 heterocycles. The second-order valence-corrected chi connectivity index (χ2v) is 5.05. The summed E-state index contributed by atoms with van der Waals surface area (Å²) in [5, 5.41) is 28.3. The normalized spacial score (nSPS) is 28.8. The van der Waals surface area contributed by atoms with Crippen LogP contribution < -0.4 is 0 Å². The fraction of sp³-hybridized carbons (Fsp3) is 0.923. The lowest BCUT2D eigenvalue weighted by Crippen LogP contribution is -2.58. The summed E-state index contributed by atoms with van der Waals surface area (Å²) in [6.07, 6.45) is 2.89. The summed E-state index contributed by atoms with van der Waals surface area (Å²) < 4.78 is 0. The zero-order valence-corrected chi connectivity index (χ0v) is 11.1. The Bertz CT molecular complexity index is 259. The van der Waals surface area contributed by atoms with E-state index in [2.05, 4.69) is 6.92 Å². The van der Waals surface area contributed by atoms with Crippen LogP contribution in [0.1, 0.15) is 45.4 Å². The molecule has 3 atom stereocenters. The topological polar surface area (TPSA) is 81.0 Å². The van der Waals surface area contributed by atoms with Crippen LogP contribution in [-0.4, -0.2) is 57.5 Å². The lowest BCUT2D eigenvalue weighted by molar-refractivity contribution is -0.165. The second kappa shape index (κ2) is 7.71.